The minimum absolute atomic E-state index is 0.0669. The maximum absolute atomic E-state index is 13.6. The van der Waals surface area contributed by atoms with Crippen molar-refractivity contribution >= 4 is 33.3 Å². The Morgan fingerprint density at radius 2 is 1.69 bits per heavy atom. The summed E-state index contributed by atoms with van der Waals surface area (Å²) < 4.78 is 31.6. The molecule has 0 saturated heterocycles. The molecular weight excluding hydrogens is 482 g/mol. The molecule has 0 spiro atoms. The molecule has 9 nitrogen and oxygen atoms in total. The number of hydrogen-bond acceptors (Lipinski definition) is 6. The van der Waals surface area contributed by atoms with Crippen molar-refractivity contribution < 1.29 is 27.5 Å². The molecule has 0 unspecified atom stereocenters. The van der Waals surface area contributed by atoms with Gasteiger partial charge >= 0.3 is 0 Å². The number of carbonyl (C=O) groups excluding carboxylic acids is 3. The summed E-state index contributed by atoms with van der Waals surface area (Å²) in [6.45, 7) is 6.88. The smallest absolute Gasteiger partial charge is 0.244 e. The third-order valence-corrected chi connectivity index (χ3v) is 6.70. The van der Waals surface area contributed by atoms with Gasteiger partial charge in [-0.15, -0.1) is 0 Å². The van der Waals surface area contributed by atoms with Crippen LogP contribution in [0.25, 0.3) is 0 Å². The molecule has 196 valence electrons. The van der Waals surface area contributed by atoms with E-state index in [-0.39, 0.29) is 29.8 Å². The fourth-order valence-corrected chi connectivity index (χ4v) is 4.34. The van der Waals surface area contributed by atoms with E-state index in [9.17, 15) is 22.8 Å². The monoisotopic (exact) mass is 517 g/mol. The summed E-state index contributed by atoms with van der Waals surface area (Å²) in [5.41, 5.74) is 1.23. The molecule has 10 heteroatoms. The standard InChI is InChI=1S/C26H35N3O6S/c1-18(2)15-27-26(32)19(3)28(16-21-9-7-12-24(13-21)35-5)25(31)17-29(36(6,33)34)23-11-8-10-22(14-23)20(4)30/h7-14,18-19H,15-17H2,1-6H3,(H,27,32)/t19-/m1/s1. The van der Waals surface area contributed by atoms with Crippen molar-refractivity contribution in [3.05, 3.63) is 59.7 Å². The largest absolute Gasteiger partial charge is 0.497 e. The molecule has 0 radical (unpaired) electrons. The zero-order valence-electron chi connectivity index (χ0n) is 21.6. The highest BCUT2D eigenvalue weighted by Gasteiger charge is 2.30. The minimum Gasteiger partial charge on any atom is -0.497 e. The zero-order chi connectivity index (χ0) is 27.0. The number of nitrogens with zero attached hydrogens (tertiary/aromatic N) is 2. The number of anilines is 1. The van der Waals surface area contributed by atoms with Crippen molar-refractivity contribution in [2.45, 2.75) is 40.3 Å². The van der Waals surface area contributed by atoms with Gasteiger partial charge in [0.25, 0.3) is 0 Å². The van der Waals surface area contributed by atoms with Gasteiger partial charge in [0.2, 0.25) is 21.8 Å². The van der Waals surface area contributed by atoms with Gasteiger partial charge in [-0.05, 0) is 49.6 Å². The van der Waals surface area contributed by atoms with Crippen molar-refractivity contribution in [1.29, 1.82) is 0 Å². The van der Waals surface area contributed by atoms with Crippen molar-refractivity contribution in [3.63, 3.8) is 0 Å². The van der Waals surface area contributed by atoms with Crippen molar-refractivity contribution in [2.24, 2.45) is 5.92 Å². The number of amides is 2. The lowest BCUT2D eigenvalue weighted by molar-refractivity contribution is -0.139. The van der Waals surface area contributed by atoms with Crippen LogP contribution in [0.2, 0.25) is 0 Å². The van der Waals surface area contributed by atoms with Gasteiger partial charge < -0.3 is 15.0 Å². The van der Waals surface area contributed by atoms with Crippen molar-refractivity contribution in [2.75, 3.05) is 30.8 Å². The quantitative estimate of drug-likeness (QED) is 0.433. The third kappa shape index (κ3) is 8.08. The maximum Gasteiger partial charge on any atom is 0.244 e. The first-order valence-electron chi connectivity index (χ1n) is 11.6. The number of nitrogens with one attached hydrogen (secondary N) is 1. The fourth-order valence-electron chi connectivity index (χ4n) is 3.50. The number of ether oxygens (including phenoxy) is 1. The topological polar surface area (TPSA) is 113 Å². The number of methoxy groups -OCH3 is 1. The van der Waals surface area contributed by atoms with Crippen LogP contribution in [0.1, 0.15) is 43.6 Å². The Morgan fingerprint density at radius 3 is 2.28 bits per heavy atom. The SMILES string of the molecule is COc1cccc(CN(C(=O)CN(c2cccc(C(C)=O)c2)S(C)(=O)=O)[C@H](C)C(=O)NCC(C)C)c1. The van der Waals surface area contributed by atoms with Crippen molar-refractivity contribution in [3.8, 4) is 5.75 Å². The van der Waals surface area contributed by atoms with E-state index >= 15 is 0 Å². The van der Waals surface area contributed by atoms with E-state index in [0.717, 1.165) is 16.1 Å². The summed E-state index contributed by atoms with van der Waals surface area (Å²) >= 11 is 0. The second-order valence-corrected chi connectivity index (χ2v) is 11.0. The molecule has 2 amide bonds. The molecule has 0 fully saturated rings. The van der Waals surface area contributed by atoms with E-state index in [0.29, 0.717) is 17.9 Å². The summed E-state index contributed by atoms with van der Waals surface area (Å²) in [7, 11) is -2.36. The molecule has 0 heterocycles. The first-order valence-corrected chi connectivity index (χ1v) is 13.5. The summed E-state index contributed by atoms with van der Waals surface area (Å²) in [4.78, 5) is 39.6. The lowest BCUT2D eigenvalue weighted by atomic mass is 10.1. The van der Waals surface area contributed by atoms with Crippen LogP contribution in [0.15, 0.2) is 48.5 Å². The van der Waals surface area contributed by atoms with Gasteiger partial charge in [-0.25, -0.2) is 8.42 Å². The number of Topliss-reactive ketones (excluding diaryl/α,β-unsaturated/α-hetero) is 1. The number of ketones is 1. The lowest BCUT2D eigenvalue weighted by Gasteiger charge is -2.31. The molecule has 2 rings (SSSR count). The summed E-state index contributed by atoms with van der Waals surface area (Å²) in [5.74, 6) is -0.326. The van der Waals surface area contributed by atoms with Crippen molar-refractivity contribution in [1.82, 2.24) is 10.2 Å². The van der Waals surface area contributed by atoms with E-state index in [1.165, 1.54) is 31.1 Å². The number of carbonyl (C=O) groups is 3. The first-order chi connectivity index (χ1) is 16.8. The van der Waals surface area contributed by atoms with Crippen LogP contribution in [0.3, 0.4) is 0 Å². The Hall–Kier alpha value is -3.40. The Labute approximate surface area is 213 Å². The van der Waals surface area contributed by atoms with Gasteiger partial charge in [-0.2, -0.15) is 0 Å². The Bertz CT molecular complexity index is 1200. The van der Waals surface area contributed by atoms with Crippen LogP contribution in [0.4, 0.5) is 5.69 Å². The van der Waals surface area contributed by atoms with Gasteiger partial charge in [0.05, 0.1) is 19.1 Å². The predicted octanol–water partition coefficient (Wildman–Crippen LogP) is 2.85. The normalized spacial score (nSPS) is 12.1. The van der Waals surface area contributed by atoms with E-state index in [1.54, 1.807) is 43.3 Å². The van der Waals surface area contributed by atoms with Gasteiger partial charge in [-0.3, -0.25) is 18.7 Å². The Balaban J connectivity index is 2.42. The van der Waals surface area contributed by atoms with Gasteiger partial charge in [0.1, 0.15) is 18.3 Å². The second kappa shape index (κ2) is 12.5. The van der Waals surface area contributed by atoms with Crippen LogP contribution in [-0.4, -0.2) is 63.4 Å². The Kier molecular flexibility index (Phi) is 10.0. The van der Waals surface area contributed by atoms with E-state index in [1.807, 2.05) is 13.8 Å². The van der Waals surface area contributed by atoms with Crippen LogP contribution in [-0.2, 0) is 26.2 Å². The van der Waals surface area contributed by atoms with E-state index in [2.05, 4.69) is 5.32 Å². The molecule has 0 saturated carbocycles. The third-order valence-electron chi connectivity index (χ3n) is 5.56. The number of sulfonamides is 1. The highest BCUT2D eigenvalue weighted by Crippen LogP contribution is 2.21. The predicted molar refractivity (Wildman–Crippen MR) is 139 cm³/mol. The minimum atomic E-state index is -3.89. The highest BCUT2D eigenvalue weighted by molar-refractivity contribution is 7.92. The zero-order valence-corrected chi connectivity index (χ0v) is 22.5. The second-order valence-electron chi connectivity index (χ2n) is 9.06. The molecular formula is C26H35N3O6S. The molecule has 1 N–H and O–H groups in total. The highest BCUT2D eigenvalue weighted by atomic mass is 32.2. The van der Waals surface area contributed by atoms with E-state index < -0.39 is 28.5 Å². The molecule has 0 aliphatic rings. The molecule has 1 atom stereocenters. The lowest BCUT2D eigenvalue weighted by Crippen LogP contribution is -2.51. The summed E-state index contributed by atoms with van der Waals surface area (Å²) in [5, 5.41) is 2.83. The first kappa shape index (κ1) is 28.8. The fraction of sp³-hybridized carbons (Fsp3) is 0.423. The van der Waals surface area contributed by atoms with Crippen LogP contribution in [0.5, 0.6) is 5.75 Å². The number of benzene rings is 2. The number of hydrogen-bond donors (Lipinski definition) is 1. The van der Waals surface area contributed by atoms with Gasteiger partial charge in [-0.1, -0.05) is 38.1 Å². The van der Waals surface area contributed by atoms with Gasteiger partial charge in [0.15, 0.2) is 5.78 Å². The average molecular weight is 518 g/mol. The Morgan fingerprint density at radius 1 is 1.03 bits per heavy atom. The molecule has 2 aromatic rings. The molecule has 0 aliphatic carbocycles. The van der Waals surface area contributed by atoms with Crippen LogP contribution < -0.4 is 14.4 Å². The summed E-state index contributed by atoms with van der Waals surface area (Å²) in [6.07, 6.45) is 0.992. The summed E-state index contributed by atoms with van der Waals surface area (Å²) in [6, 6.07) is 12.3. The molecule has 0 bridgehead atoms. The molecule has 36 heavy (non-hydrogen) atoms. The van der Waals surface area contributed by atoms with Gasteiger partial charge in [0, 0.05) is 18.7 Å². The molecule has 2 aromatic carbocycles. The molecule has 0 aliphatic heterocycles. The maximum atomic E-state index is 13.6. The van der Waals surface area contributed by atoms with Crippen LogP contribution >= 0.6 is 0 Å². The molecule has 0 aromatic heterocycles. The average Bonchev–Trinajstić information content (AvgIpc) is 2.83. The number of rotatable bonds is 12. The van der Waals surface area contributed by atoms with Crippen LogP contribution in [0, 0.1) is 5.92 Å². The van der Waals surface area contributed by atoms with E-state index in [4.69, 9.17) is 4.74 Å².